The van der Waals surface area contributed by atoms with Crippen LogP contribution in [0.4, 0.5) is 0 Å². The van der Waals surface area contributed by atoms with Crippen LogP contribution in [-0.4, -0.2) is 22.2 Å². The van der Waals surface area contributed by atoms with Crippen LogP contribution >= 0.6 is 46.4 Å². The zero-order chi connectivity index (χ0) is 19.2. The van der Waals surface area contributed by atoms with Gasteiger partial charge in [-0.05, 0) is 35.4 Å². The van der Waals surface area contributed by atoms with Gasteiger partial charge in [0, 0.05) is 11.8 Å². The summed E-state index contributed by atoms with van der Waals surface area (Å²) in [6, 6.07) is 9.32. The molecule has 0 radical (unpaired) electrons. The molecule has 0 amide bonds. The van der Waals surface area contributed by atoms with Crippen LogP contribution < -0.4 is 0 Å². The van der Waals surface area contributed by atoms with E-state index in [0.29, 0.717) is 21.2 Å². The second-order valence-corrected chi connectivity index (χ2v) is 7.76. The number of hydrogen-bond donors (Lipinski definition) is 2. The predicted molar refractivity (Wildman–Crippen MR) is 101 cm³/mol. The minimum absolute atomic E-state index is 0.246. The van der Waals surface area contributed by atoms with Gasteiger partial charge in [0.25, 0.3) is 0 Å². The third-order valence-electron chi connectivity index (χ3n) is 4.78. The Morgan fingerprint density at radius 1 is 0.654 bits per heavy atom. The third-order valence-corrected chi connectivity index (χ3v) is 6.25. The normalized spacial score (nSPS) is 24.8. The average molecular weight is 434 g/mol. The zero-order valence-corrected chi connectivity index (χ0v) is 16.0. The van der Waals surface area contributed by atoms with Crippen molar-refractivity contribution >= 4 is 58.3 Å². The lowest BCUT2D eigenvalue weighted by Crippen LogP contribution is -2.50. The molecule has 0 bridgehead atoms. The van der Waals surface area contributed by atoms with E-state index in [1.54, 1.807) is 12.1 Å². The van der Waals surface area contributed by atoms with Gasteiger partial charge in [0.05, 0.1) is 31.9 Å². The molecule has 0 spiro atoms. The molecule has 0 heterocycles. The molecule has 26 heavy (non-hydrogen) atoms. The van der Waals surface area contributed by atoms with Crippen molar-refractivity contribution < 1.29 is 19.8 Å². The lowest BCUT2D eigenvalue weighted by molar-refractivity contribution is -0.159. The number of halogens is 4. The fourth-order valence-corrected chi connectivity index (χ4v) is 4.24. The van der Waals surface area contributed by atoms with Gasteiger partial charge in [-0.1, -0.05) is 58.5 Å². The summed E-state index contributed by atoms with van der Waals surface area (Å²) < 4.78 is 0. The van der Waals surface area contributed by atoms with Gasteiger partial charge in [-0.2, -0.15) is 0 Å². The molecule has 0 aromatic heterocycles. The largest absolute Gasteiger partial charge is 0.481 e. The monoisotopic (exact) mass is 432 g/mol. The first-order valence-corrected chi connectivity index (χ1v) is 9.09. The highest BCUT2D eigenvalue weighted by molar-refractivity contribution is 6.42. The fraction of sp³-hybridized carbons (Fsp3) is 0.222. The van der Waals surface area contributed by atoms with Gasteiger partial charge in [-0.15, -0.1) is 0 Å². The first kappa shape index (κ1) is 19.3. The summed E-state index contributed by atoms with van der Waals surface area (Å²) in [5.74, 6) is -5.53. The van der Waals surface area contributed by atoms with E-state index in [0.717, 1.165) is 0 Å². The number of hydrogen-bond acceptors (Lipinski definition) is 2. The summed E-state index contributed by atoms with van der Waals surface area (Å²) in [5.41, 5.74) is 1.05. The van der Waals surface area contributed by atoms with Gasteiger partial charge in [0.1, 0.15) is 0 Å². The molecule has 2 aromatic carbocycles. The Labute approximate surface area is 169 Å². The lowest BCUT2D eigenvalue weighted by Gasteiger charge is -2.48. The molecule has 1 aliphatic carbocycles. The minimum atomic E-state index is -1.09. The van der Waals surface area contributed by atoms with E-state index in [-0.39, 0.29) is 10.0 Å². The molecule has 0 unspecified atom stereocenters. The van der Waals surface area contributed by atoms with Crippen molar-refractivity contribution in [2.24, 2.45) is 11.8 Å². The van der Waals surface area contributed by atoms with Gasteiger partial charge < -0.3 is 10.2 Å². The van der Waals surface area contributed by atoms with Crippen LogP contribution in [0.1, 0.15) is 23.0 Å². The third kappa shape index (κ3) is 3.27. The highest BCUT2D eigenvalue weighted by Crippen LogP contribution is 2.58. The van der Waals surface area contributed by atoms with Crippen LogP contribution in [0.5, 0.6) is 0 Å². The lowest BCUT2D eigenvalue weighted by atomic mass is 9.52. The van der Waals surface area contributed by atoms with E-state index in [1.807, 2.05) is 0 Å². The Kier molecular flexibility index (Phi) is 5.40. The first-order valence-electron chi connectivity index (χ1n) is 7.58. The molecule has 0 atom stereocenters. The minimum Gasteiger partial charge on any atom is -0.481 e. The zero-order valence-electron chi connectivity index (χ0n) is 13.0. The van der Waals surface area contributed by atoms with Crippen LogP contribution in [0.2, 0.25) is 20.1 Å². The van der Waals surface area contributed by atoms with E-state index >= 15 is 0 Å². The number of benzene rings is 2. The second-order valence-electron chi connectivity index (χ2n) is 6.13. The quantitative estimate of drug-likeness (QED) is 0.659. The molecule has 4 nitrogen and oxygen atoms in total. The van der Waals surface area contributed by atoms with Crippen LogP contribution in [-0.2, 0) is 9.59 Å². The summed E-state index contributed by atoms with van der Waals surface area (Å²) in [6.07, 6.45) is 0. The number of aliphatic carboxylic acids is 2. The van der Waals surface area contributed by atoms with Gasteiger partial charge in [-0.25, -0.2) is 0 Å². The van der Waals surface area contributed by atoms with E-state index < -0.39 is 35.6 Å². The number of carboxylic acids is 2. The molecule has 1 aliphatic rings. The number of rotatable bonds is 4. The number of carboxylic acid groups (broad SMARTS) is 2. The summed E-state index contributed by atoms with van der Waals surface area (Å²) in [4.78, 5) is 23.8. The summed E-state index contributed by atoms with van der Waals surface area (Å²) in [5, 5.41) is 20.6. The standard InChI is InChI=1S/C18H12Cl4O4/c19-9-3-1-7(5-11(9)21)13-15(17(23)24)14(16(13)18(25)26)8-2-4-10(20)12(22)6-8/h1-6,13-16H,(H,23,24)(H,25,26). The number of carbonyl (C=O) groups is 2. The molecule has 2 N–H and O–H groups in total. The van der Waals surface area contributed by atoms with Crippen molar-refractivity contribution in [3.8, 4) is 0 Å². The van der Waals surface area contributed by atoms with E-state index in [2.05, 4.69) is 0 Å². The van der Waals surface area contributed by atoms with Crippen molar-refractivity contribution in [2.45, 2.75) is 11.8 Å². The van der Waals surface area contributed by atoms with E-state index in [9.17, 15) is 19.8 Å². The Hall–Kier alpha value is -1.46. The summed E-state index contributed by atoms with van der Waals surface area (Å²) >= 11 is 23.9. The average Bonchev–Trinajstić information content (AvgIpc) is 2.52. The molecular formula is C18H12Cl4O4. The van der Waals surface area contributed by atoms with Crippen LogP contribution in [0.15, 0.2) is 36.4 Å². The summed E-state index contributed by atoms with van der Waals surface area (Å²) in [7, 11) is 0. The molecule has 2 aromatic rings. The smallest absolute Gasteiger partial charge is 0.307 e. The SMILES string of the molecule is O=C(O)C1C(c2ccc(Cl)c(Cl)c2)C(C(=O)O)C1c1ccc(Cl)c(Cl)c1. The van der Waals surface area contributed by atoms with E-state index in [1.165, 1.54) is 24.3 Å². The van der Waals surface area contributed by atoms with Crippen LogP contribution in [0, 0.1) is 11.8 Å². The Balaban J connectivity index is 2.08. The molecular weight excluding hydrogens is 422 g/mol. The van der Waals surface area contributed by atoms with Crippen LogP contribution in [0.25, 0.3) is 0 Å². The van der Waals surface area contributed by atoms with Crippen molar-refractivity contribution in [3.05, 3.63) is 67.6 Å². The van der Waals surface area contributed by atoms with Gasteiger partial charge in [0.2, 0.25) is 0 Å². The van der Waals surface area contributed by atoms with Crippen molar-refractivity contribution in [1.29, 1.82) is 0 Å². The molecule has 3 rings (SSSR count). The van der Waals surface area contributed by atoms with Crippen molar-refractivity contribution in [2.75, 3.05) is 0 Å². The van der Waals surface area contributed by atoms with Crippen molar-refractivity contribution in [3.63, 3.8) is 0 Å². The second kappa shape index (κ2) is 7.28. The van der Waals surface area contributed by atoms with Crippen LogP contribution in [0.3, 0.4) is 0 Å². The predicted octanol–water partition coefficient (Wildman–Crippen LogP) is 5.58. The first-order chi connectivity index (χ1) is 12.2. The maximum Gasteiger partial charge on any atom is 0.307 e. The molecule has 1 saturated carbocycles. The fourth-order valence-electron chi connectivity index (χ4n) is 3.63. The Bertz CT molecular complexity index is 817. The maximum absolute atomic E-state index is 11.9. The highest BCUT2D eigenvalue weighted by Gasteiger charge is 2.58. The van der Waals surface area contributed by atoms with Gasteiger partial charge in [0.15, 0.2) is 0 Å². The Morgan fingerprint density at radius 2 is 1.00 bits per heavy atom. The van der Waals surface area contributed by atoms with E-state index in [4.69, 9.17) is 46.4 Å². The van der Waals surface area contributed by atoms with Gasteiger partial charge >= 0.3 is 11.9 Å². The molecule has 1 fully saturated rings. The topological polar surface area (TPSA) is 74.6 Å². The molecule has 136 valence electrons. The van der Waals surface area contributed by atoms with Crippen molar-refractivity contribution in [1.82, 2.24) is 0 Å². The molecule has 0 saturated heterocycles. The molecule has 0 aliphatic heterocycles. The Morgan fingerprint density at radius 3 is 1.27 bits per heavy atom. The summed E-state index contributed by atoms with van der Waals surface area (Å²) in [6.45, 7) is 0. The van der Waals surface area contributed by atoms with Gasteiger partial charge in [-0.3, -0.25) is 9.59 Å². The maximum atomic E-state index is 11.9. The molecule has 8 heteroatoms. The highest BCUT2D eigenvalue weighted by atomic mass is 35.5.